The van der Waals surface area contributed by atoms with Crippen molar-refractivity contribution >= 4 is 0 Å². The van der Waals surface area contributed by atoms with Crippen molar-refractivity contribution in [3.63, 3.8) is 0 Å². The Hall–Kier alpha value is -0.280. The molecule has 0 bridgehead atoms. The first-order valence-electron chi connectivity index (χ1n) is 14.5. The number of unbranched alkanes of at least 4 members (excludes halogenated alkanes) is 5. The predicted octanol–water partition coefficient (Wildman–Crippen LogP) is 5.10. The molecule has 0 amide bonds. The van der Waals surface area contributed by atoms with Crippen LogP contribution < -0.4 is 0 Å². The Bertz CT molecular complexity index is 476. The Labute approximate surface area is 215 Å². The van der Waals surface area contributed by atoms with Crippen molar-refractivity contribution in [1.82, 2.24) is 0 Å². The second kappa shape index (κ2) is 20.7. The van der Waals surface area contributed by atoms with Gasteiger partial charge in [0.05, 0.1) is 36.9 Å². The van der Waals surface area contributed by atoms with Crippen LogP contribution in [-0.4, -0.2) is 80.6 Å². The SMILES string of the molecule is CCCCOC[C@@H](OCCCC)C1C(OCCCC)[C@@H](C(O)O)C(OCCCC)[C@@H]1OCCCC. The molecule has 3 unspecified atom stereocenters. The van der Waals surface area contributed by atoms with Crippen molar-refractivity contribution < 1.29 is 33.9 Å². The molecule has 1 rings (SSSR count). The van der Waals surface area contributed by atoms with E-state index < -0.39 is 24.4 Å². The van der Waals surface area contributed by atoms with Gasteiger partial charge in [0.15, 0.2) is 6.29 Å². The molecule has 7 heteroatoms. The van der Waals surface area contributed by atoms with Crippen LogP contribution in [0, 0.1) is 11.8 Å². The van der Waals surface area contributed by atoms with Gasteiger partial charge in [0.1, 0.15) is 0 Å². The van der Waals surface area contributed by atoms with E-state index in [2.05, 4.69) is 34.6 Å². The van der Waals surface area contributed by atoms with Gasteiger partial charge in [-0.15, -0.1) is 0 Å². The summed E-state index contributed by atoms with van der Waals surface area (Å²) >= 11 is 0. The third-order valence-electron chi connectivity index (χ3n) is 6.79. The highest BCUT2D eigenvalue weighted by Gasteiger charge is 2.57. The summed E-state index contributed by atoms with van der Waals surface area (Å²) in [6.07, 6.45) is 6.79. The molecule has 35 heavy (non-hydrogen) atoms. The minimum atomic E-state index is -1.56. The highest BCUT2D eigenvalue weighted by Crippen LogP contribution is 2.43. The summed E-state index contributed by atoms with van der Waals surface area (Å²) in [4.78, 5) is 0. The summed E-state index contributed by atoms with van der Waals surface area (Å²) in [6.45, 7) is 14.1. The second-order valence-electron chi connectivity index (χ2n) is 9.83. The quantitative estimate of drug-likeness (QED) is 0.148. The molecule has 0 aromatic heterocycles. The summed E-state index contributed by atoms with van der Waals surface area (Å²) in [6, 6.07) is 0. The van der Waals surface area contributed by atoms with Gasteiger partial charge in [-0.05, 0) is 32.1 Å². The van der Waals surface area contributed by atoms with Crippen LogP contribution in [0.15, 0.2) is 0 Å². The molecule has 210 valence electrons. The van der Waals surface area contributed by atoms with E-state index in [-0.39, 0.29) is 18.1 Å². The maximum atomic E-state index is 10.5. The summed E-state index contributed by atoms with van der Waals surface area (Å²) < 4.78 is 31.7. The topological polar surface area (TPSA) is 86.6 Å². The summed E-state index contributed by atoms with van der Waals surface area (Å²) in [5.41, 5.74) is 0. The smallest absolute Gasteiger partial charge is 0.159 e. The van der Waals surface area contributed by atoms with E-state index in [1.54, 1.807) is 0 Å². The second-order valence-corrected chi connectivity index (χ2v) is 9.83. The first kappa shape index (κ1) is 32.7. The van der Waals surface area contributed by atoms with Crippen molar-refractivity contribution in [2.24, 2.45) is 11.8 Å². The zero-order chi connectivity index (χ0) is 25.9. The Balaban J connectivity index is 3.29. The molecule has 0 heterocycles. The molecule has 0 saturated heterocycles. The fourth-order valence-corrected chi connectivity index (χ4v) is 4.65. The van der Waals surface area contributed by atoms with Crippen molar-refractivity contribution in [3.05, 3.63) is 0 Å². The first-order chi connectivity index (χ1) is 17.1. The van der Waals surface area contributed by atoms with Crippen molar-refractivity contribution in [2.75, 3.05) is 39.6 Å². The van der Waals surface area contributed by atoms with Crippen LogP contribution in [0.25, 0.3) is 0 Å². The van der Waals surface area contributed by atoms with E-state index in [0.29, 0.717) is 39.6 Å². The number of aliphatic hydroxyl groups excluding tert-OH is 1. The molecule has 0 spiro atoms. The molecule has 6 atom stereocenters. The number of rotatable bonds is 23. The molecular weight excluding hydrogens is 448 g/mol. The Morgan fingerprint density at radius 2 is 0.971 bits per heavy atom. The number of hydrogen-bond acceptors (Lipinski definition) is 7. The van der Waals surface area contributed by atoms with Gasteiger partial charge < -0.3 is 33.9 Å². The van der Waals surface area contributed by atoms with Gasteiger partial charge in [-0.1, -0.05) is 66.7 Å². The Kier molecular flexibility index (Phi) is 19.4. The van der Waals surface area contributed by atoms with Crippen molar-refractivity contribution in [3.8, 4) is 0 Å². The number of hydrogen-bond donors (Lipinski definition) is 2. The minimum Gasteiger partial charge on any atom is -0.379 e. The van der Waals surface area contributed by atoms with Crippen LogP contribution in [0.2, 0.25) is 0 Å². The van der Waals surface area contributed by atoms with Crippen LogP contribution in [-0.2, 0) is 23.7 Å². The van der Waals surface area contributed by atoms with Crippen LogP contribution in [0.1, 0.15) is 98.8 Å². The number of ether oxygens (including phenoxy) is 5. The highest BCUT2D eigenvalue weighted by molar-refractivity contribution is 5.04. The van der Waals surface area contributed by atoms with Crippen LogP contribution in [0.5, 0.6) is 0 Å². The minimum absolute atomic E-state index is 0.208. The third-order valence-corrected chi connectivity index (χ3v) is 6.79. The number of aliphatic hydroxyl groups is 2. The molecule has 0 radical (unpaired) electrons. The highest BCUT2D eigenvalue weighted by atomic mass is 16.6. The first-order valence-corrected chi connectivity index (χ1v) is 14.5. The third kappa shape index (κ3) is 11.8. The van der Waals surface area contributed by atoms with E-state index >= 15 is 0 Å². The molecule has 1 aliphatic rings. The van der Waals surface area contributed by atoms with Gasteiger partial charge in [0.25, 0.3) is 0 Å². The van der Waals surface area contributed by atoms with Gasteiger partial charge in [-0.2, -0.15) is 0 Å². The lowest BCUT2D eigenvalue weighted by Gasteiger charge is -2.33. The molecular formula is C28H56O7. The molecule has 0 aromatic rings. The standard InChI is InChI=1S/C28H56O7/c1-6-11-16-31-21-22(32-17-12-7-2)23-25(33-18-13-8-3)24(28(29)30)27(35-20-15-10-5)26(23)34-19-14-9-4/h22-30H,6-21H2,1-5H3/t22-,23?,24-,25?,26-,27?/m1/s1. The fraction of sp³-hybridized carbons (Fsp3) is 1.00. The largest absolute Gasteiger partial charge is 0.379 e. The monoisotopic (exact) mass is 504 g/mol. The normalized spacial score (nSPS) is 25.5. The van der Waals surface area contributed by atoms with E-state index in [4.69, 9.17) is 23.7 Å². The lowest BCUT2D eigenvalue weighted by atomic mass is 9.93. The molecule has 0 aromatic carbocycles. The molecule has 7 nitrogen and oxygen atoms in total. The predicted molar refractivity (Wildman–Crippen MR) is 140 cm³/mol. The van der Waals surface area contributed by atoms with Crippen LogP contribution >= 0.6 is 0 Å². The Morgan fingerprint density at radius 1 is 0.543 bits per heavy atom. The van der Waals surface area contributed by atoms with Gasteiger partial charge >= 0.3 is 0 Å². The maximum absolute atomic E-state index is 10.5. The van der Waals surface area contributed by atoms with Crippen LogP contribution in [0.3, 0.4) is 0 Å². The van der Waals surface area contributed by atoms with Gasteiger partial charge in [-0.3, -0.25) is 0 Å². The zero-order valence-corrected chi connectivity index (χ0v) is 23.3. The summed E-state index contributed by atoms with van der Waals surface area (Å²) in [5.74, 6) is -0.811. The molecule has 1 saturated carbocycles. The molecule has 0 aliphatic heterocycles. The summed E-state index contributed by atoms with van der Waals surface area (Å²) in [7, 11) is 0. The van der Waals surface area contributed by atoms with Gasteiger partial charge in [-0.25, -0.2) is 0 Å². The van der Waals surface area contributed by atoms with Crippen molar-refractivity contribution in [1.29, 1.82) is 0 Å². The molecule has 1 aliphatic carbocycles. The van der Waals surface area contributed by atoms with E-state index in [0.717, 1.165) is 64.2 Å². The van der Waals surface area contributed by atoms with Crippen LogP contribution in [0.4, 0.5) is 0 Å². The molecule has 1 fully saturated rings. The fourth-order valence-electron chi connectivity index (χ4n) is 4.65. The molecule has 2 N–H and O–H groups in total. The van der Waals surface area contributed by atoms with E-state index in [1.807, 2.05) is 0 Å². The Morgan fingerprint density at radius 3 is 1.46 bits per heavy atom. The van der Waals surface area contributed by atoms with Gasteiger partial charge in [0.2, 0.25) is 0 Å². The van der Waals surface area contributed by atoms with Crippen molar-refractivity contribution in [2.45, 2.75) is 130 Å². The van der Waals surface area contributed by atoms with E-state index in [9.17, 15) is 10.2 Å². The maximum Gasteiger partial charge on any atom is 0.159 e. The van der Waals surface area contributed by atoms with Gasteiger partial charge in [0, 0.05) is 39.0 Å². The zero-order valence-electron chi connectivity index (χ0n) is 23.3. The lowest BCUT2D eigenvalue weighted by Crippen LogP contribution is -2.44. The lowest BCUT2D eigenvalue weighted by molar-refractivity contribution is -0.168. The average Bonchev–Trinajstić information content (AvgIpc) is 3.14. The average molecular weight is 505 g/mol. The van der Waals surface area contributed by atoms with E-state index in [1.165, 1.54) is 0 Å². The summed E-state index contributed by atoms with van der Waals surface area (Å²) in [5, 5.41) is 21.0.